The third-order valence-corrected chi connectivity index (χ3v) is 6.20. The summed E-state index contributed by atoms with van der Waals surface area (Å²) in [4.78, 5) is 4.81. The van der Waals surface area contributed by atoms with Crippen LogP contribution in [0.4, 0.5) is 0 Å². The van der Waals surface area contributed by atoms with Crippen LogP contribution in [0.5, 0.6) is 0 Å². The lowest BCUT2D eigenvalue weighted by Gasteiger charge is -2.12. The SMILES string of the molecule is Cc1cc(-c2ccc3oc4cccc(C)c4c3c2)ncc1CC1CCCC1. The van der Waals surface area contributed by atoms with E-state index in [9.17, 15) is 0 Å². The molecule has 0 bridgehead atoms. The van der Waals surface area contributed by atoms with E-state index >= 15 is 0 Å². The van der Waals surface area contributed by atoms with Crippen molar-refractivity contribution in [2.45, 2.75) is 46.0 Å². The summed E-state index contributed by atoms with van der Waals surface area (Å²) < 4.78 is 6.02. The molecule has 1 aliphatic carbocycles. The molecule has 0 radical (unpaired) electrons. The van der Waals surface area contributed by atoms with E-state index in [1.165, 1.54) is 59.6 Å². The van der Waals surface area contributed by atoms with Gasteiger partial charge in [0.25, 0.3) is 0 Å². The first-order chi connectivity index (χ1) is 13.2. The topological polar surface area (TPSA) is 26.0 Å². The average molecular weight is 355 g/mol. The summed E-state index contributed by atoms with van der Waals surface area (Å²) in [6.45, 7) is 4.37. The molecule has 0 saturated heterocycles. The van der Waals surface area contributed by atoms with Crippen LogP contribution in [0.15, 0.2) is 53.1 Å². The van der Waals surface area contributed by atoms with Crippen molar-refractivity contribution >= 4 is 21.9 Å². The summed E-state index contributed by atoms with van der Waals surface area (Å²) in [6, 6.07) is 14.9. The molecule has 4 aromatic rings. The molecule has 2 nitrogen and oxygen atoms in total. The van der Waals surface area contributed by atoms with Gasteiger partial charge in [0.2, 0.25) is 0 Å². The smallest absolute Gasteiger partial charge is 0.135 e. The predicted octanol–water partition coefficient (Wildman–Crippen LogP) is 7.00. The Bertz CT molecular complexity index is 1130. The van der Waals surface area contributed by atoms with Gasteiger partial charge in [0.1, 0.15) is 11.2 Å². The van der Waals surface area contributed by atoms with Gasteiger partial charge in [0.15, 0.2) is 0 Å². The summed E-state index contributed by atoms with van der Waals surface area (Å²) in [5.74, 6) is 0.855. The van der Waals surface area contributed by atoms with Gasteiger partial charge in [-0.3, -0.25) is 4.98 Å². The number of hydrogen-bond donors (Lipinski definition) is 0. The average Bonchev–Trinajstić information content (AvgIpc) is 3.30. The standard InChI is InChI=1S/C25H25NO/c1-16-6-5-9-24-25(16)21-14-19(10-11-23(21)27-24)22-12-17(2)20(15-26-22)13-18-7-3-4-8-18/h5-6,9-12,14-15,18H,3-4,7-8,13H2,1-2H3. The number of benzene rings is 2. The van der Waals surface area contributed by atoms with Crippen LogP contribution in [0.3, 0.4) is 0 Å². The van der Waals surface area contributed by atoms with E-state index in [0.717, 1.165) is 28.3 Å². The van der Waals surface area contributed by atoms with Gasteiger partial charge in [-0.2, -0.15) is 0 Å². The summed E-state index contributed by atoms with van der Waals surface area (Å²) in [6.07, 6.45) is 8.84. The largest absolute Gasteiger partial charge is 0.456 e. The van der Waals surface area contributed by atoms with Crippen molar-refractivity contribution in [3.8, 4) is 11.3 Å². The Morgan fingerprint density at radius 1 is 0.963 bits per heavy atom. The second-order valence-corrected chi connectivity index (χ2v) is 8.11. The Morgan fingerprint density at radius 3 is 2.63 bits per heavy atom. The minimum absolute atomic E-state index is 0.855. The summed E-state index contributed by atoms with van der Waals surface area (Å²) in [7, 11) is 0. The number of pyridine rings is 1. The normalized spacial score (nSPS) is 15.2. The van der Waals surface area contributed by atoms with Crippen LogP contribution in [0.25, 0.3) is 33.2 Å². The molecular formula is C25H25NO. The molecular weight excluding hydrogens is 330 g/mol. The summed E-state index contributed by atoms with van der Waals surface area (Å²) in [5, 5.41) is 2.39. The van der Waals surface area contributed by atoms with Gasteiger partial charge >= 0.3 is 0 Å². The lowest BCUT2D eigenvalue weighted by atomic mass is 9.95. The van der Waals surface area contributed by atoms with Crippen molar-refractivity contribution in [3.63, 3.8) is 0 Å². The highest BCUT2D eigenvalue weighted by Crippen LogP contribution is 2.34. The number of fused-ring (bicyclic) bond motifs is 3. The Hall–Kier alpha value is -2.61. The lowest BCUT2D eigenvalue weighted by molar-refractivity contribution is 0.544. The fourth-order valence-electron chi connectivity index (χ4n) is 4.64. The Morgan fingerprint density at radius 2 is 1.81 bits per heavy atom. The van der Waals surface area contributed by atoms with Gasteiger partial charge in [0, 0.05) is 22.5 Å². The monoisotopic (exact) mass is 355 g/mol. The number of aryl methyl sites for hydroxylation is 2. The molecule has 1 aliphatic rings. The van der Waals surface area contributed by atoms with Gasteiger partial charge in [-0.05, 0) is 73.2 Å². The molecule has 0 unspecified atom stereocenters. The van der Waals surface area contributed by atoms with Gasteiger partial charge in [-0.15, -0.1) is 0 Å². The molecule has 2 aromatic carbocycles. The quantitative estimate of drug-likeness (QED) is 0.395. The van der Waals surface area contributed by atoms with Crippen LogP contribution in [0.2, 0.25) is 0 Å². The molecule has 0 spiro atoms. The maximum Gasteiger partial charge on any atom is 0.135 e. The van der Waals surface area contributed by atoms with Gasteiger partial charge < -0.3 is 4.42 Å². The number of hydrogen-bond acceptors (Lipinski definition) is 2. The highest BCUT2D eigenvalue weighted by molar-refractivity contribution is 6.07. The first kappa shape index (κ1) is 16.6. The molecule has 27 heavy (non-hydrogen) atoms. The minimum atomic E-state index is 0.855. The van der Waals surface area contributed by atoms with E-state index in [2.05, 4.69) is 56.4 Å². The highest BCUT2D eigenvalue weighted by atomic mass is 16.3. The maximum absolute atomic E-state index is 6.02. The molecule has 0 amide bonds. The second kappa shape index (κ2) is 6.53. The fourth-order valence-corrected chi connectivity index (χ4v) is 4.64. The summed E-state index contributed by atoms with van der Waals surface area (Å²) in [5.41, 5.74) is 8.13. The van der Waals surface area contributed by atoms with Crippen LogP contribution in [0, 0.1) is 19.8 Å². The first-order valence-electron chi connectivity index (χ1n) is 10.1. The van der Waals surface area contributed by atoms with Crippen molar-refractivity contribution < 1.29 is 4.42 Å². The van der Waals surface area contributed by atoms with Crippen molar-refractivity contribution in [1.82, 2.24) is 4.98 Å². The molecule has 136 valence electrons. The molecule has 1 fully saturated rings. The first-order valence-corrected chi connectivity index (χ1v) is 10.1. The third kappa shape index (κ3) is 2.93. The van der Waals surface area contributed by atoms with Crippen molar-refractivity contribution in [2.24, 2.45) is 5.92 Å². The molecule has 2 aromatic heterocycles. The Balaban J connectivity index is 1.54. The van der Waals surface area contributed by atoms with Crippen molar-refractivity contribution in [3.05, 3.63) is 65.4 Å². The number of rotatable bonds is 3. The van der Waals surface area contributed by atoms with Crippen LogP contribution in [-0.4, -0.2) is 4.98 Å². The molecule has 2 heterocycles. The predicted molar refractivity (Wildman–Crippen MR) is 112 cm³/mol. The minimum Gasteiger partial charge on any atom is -0.456 e. The van der Waals surface area contributed by atoms with E-state index in [0.29, 0.717) is 0 Å². The van der Waals surface area contributed by atoms with E-state index in [-0.39, 0.29) is 0 Å². The summed E-state index contributed by atoms with van der Waals surface area (Å²) >= 11 is 0. The maximum atomic E-state index is 6.02. The van der Waals surface area contributed by atoms with Crippen LogP contribution in [0.1, 0.15) is 42.4 Å². The molecule has 2 heteroatoms. The lowest BCUT2D eigenvalue weighted by Crippen LogP contribution is -2.02. The van der Waals surface area contributed by atoms with E-state index < -0.39 is 0 Å². The van der Waals surface area contributed by atoms with Crippen LogP contribution < -0.4 is 0 Å². The molecule has 5 rings (SSSR count). The third-order valence-electron chi connectivity index (χ3n) is 6.20. The van der Waals surface area contributed by atoms with Gasteiger partial charge in [-0.1, -0.05) is 37.8 Å². The van der Waals surface area contributed by atoms with E-state index in [1.807, 2.05) is 6.07 Å². The van der Waals surface area contributed by atoms with Crippen LogP contribution >= 0.6 is 0 Å². The highest BCUT2D eigenvalue weighted by Gasteiger charge is 2.17. The molecule has 0 N–H and O–H groups in total. The number of aromatic nitrogens is 1. The zero-order valence-corrected chi connectivity index (χ0v) is 16.1. The van der Waals surface area contributed by atoms with Crippen molar-refractivity contribution in [1.29, 1.82) is 0 Å². The molecule has 1 saturated carbocycles. The van der Waals surface area contributed by atoms with Gasteiger partial charge in [-0.25, -0.2) is 0 Å². The number of furan rings is 1. The van der Waals surface area contributed by atoms with E-state index in [1.54, 1.807) is 0 Å². The second-order valence-electron chi connectivity index (χ2n) is 8.11. The van der Waals surface area contributed by atoms with Crippen LogP contribution in [-0.2, 0) is 6.42 Å². The van der Waals surface area contributed by atoms with Crippen molar-refractivity contribution in [2.75, 3.05) is 0 Å². The zero-order chi connectivity index (χ0) is 18.4. The molecule has 0 atom stereocenters. The number of nitrogens with zero attached hydrogens (tertiary/aromatic N) is 1. The Kier molecular flexibility index (Phi) is 4.00. The fraction of sp³-hybridized carbons (Fsp3) is 0.320. The molecule has 0 aliphatic heterocycles. The van der Waals surface area contributed by atoms with E-state index in [4.69, 9.17) is 9.40 Å². The Labute approximate surface area is 160 Å². The van der Waals surface area contributed by atoms with Gasteiger partial charge in [0.05, 0.1) is 5.69 Å². The zero-order valence-electron chi connectivity index (χ0n) is 16.1.